The van der Waals surface area contributed by atoms with Gasteiger partial charge in [-0.25, -0.2) is 4.79 Å². The Morgan fingerprint density at radius 2 is 2.00 bits per heavy atom. The normalized spacial score (nSPS) is 21.3. The molecule has 0 radical (unpaired) electrons. The molecule has 3 N–H and O–H groups in total. The number of likely N-dealkylation sites (N-methyl/N-ethyl adjacent to an activating group) is 1. The van der Waals surface area contributed by atoms with Gasteiger partial charge in [0, 0.05) is 42.7 Å². The number of aromatic hydroxyl groups is 1. The third-order valence-corrected chi connectivity index (χ3v) is 7.24. The highest BCUT2D eigenvalue weighted by molar-refractivity contribution is 6.08. The minimum atomic E-state index is -2.98. The second-order valence-electron chi connectivity index (χ2n) is 9.69. The number of imide groups is 1. The molecular formula is C26H28F2N4O5. The van der Waals surface area contributed by atoms with Crippen LogP contribution in [0.1, 0.15) is 29.8 Å². The van der Waals surface area contributed by atoms with E-state index in [0.29, 0.717) is 35.2 Å². The summed E-state index contributed by atoms with van der Waals surface area (Å²) >= 11 is 0. The number of aromatic amines is 1. The van der Waals surface area contributed by atoms with E-state index in [4.69, 9.17) is 0 Å². The van der Waals surface area contributed by atoms with Crippen molar-refractivity contribution in [2.24, 2.45) is 0 Å². The lowest BCUT2D eigenvalue weighted by molar-refractivity contribution is -0.133. The van der Waals surface area contributed by atoms with Crippen molar-refractivity contribution in [2.45, 2.75) is 31.5 Å². The highest BCUT2D eigenvalue weighted by Gasteiger charge is 2.60. The third-order valence-electron chi connectivity index (χ3n) is 7.24. The van der Waals surface area contributed by atoms with E-state index < -0.39 is 24.2 Å². The predicted octanol–water partition coefficient (Wildman–Crippen LogP) is 3.07. The number of carbonyl (C=O) groups excluding carboxylic acids is 2. The molecule has 2 atom stereocenters. The van der Waals surface area contributed by atoms with Crippen molar-refractivity contribution in [3.63, 3.8) is 0 Å². The van der Waals surface area contributed by atoms with Crippen molar-refractivity contribution >= 4 is 22.8 Å². The molecule has 0 spiro atoms. The Balaban J connectivity index is 1.63. The Morgan fingerprint density at radius 3 is 2.70 bits per heavy atom. The number of aromatic nitrogens is 1. The van der Waals surface area contributed by atoms with Crippen LogP contribution in [-0.4, -0.2) is 87.3 Å². The molecule has 1 saturated heterocycles. The smallest absolute Gasteiger partial charge is 0.387 e. The number of amides is 3. The fourth-order valence-electron chi connectivity index (χ4n) is 5.46. The molecule has 3 amide bonds. The van der Waals surface area contributed by atoms with Gasteiger partial charge in [0.05, 0.1) is 6.61 Å². The molecule has 2 aromatic carbocycles. The number of halogens is 2. The molecule has 2 unspecified atom stereocenters. The van der Waals surface area contributed by atoms with Crippen molar-refractivity contribution in [1.29, 1.82) is 0 Å². The number of aliphatic hydroxyl groups excluding tert-OH is 1. The van der Waals surface area contributed by atoms with Crippen LogP contribution in [-0.2, 0) is 11.2 Å². The Bertz CT molecular complexity index is 1360. The van der Waals surface area contributed by atoms with Crippen LogP contribution in [0.4, 0.5) is 13.6 Å². The largest absolute Gasteiger partial charge is 0.508 e. The van der Waals surface area contributed by atoms with Crippen LogP contribution in [0.15, 0.2) is 42.5 Å². The Labute approximate surface area is 211 Å². The lowest BCUT2D eigenvalue weighted by atomic mass is 9.81. The standard InChI is InChI=1S/C26H28F2N4O5/c1-26-14-19-18-13-17(37-24(27)28)6-7-20(18)29-21(19)22(15-4-3-5-16(34)12-15)32(26)25(36)31(23(26)35)9-8-30(2)10-11-33/h3-7,12-13,22,24,29,33-34H,8-11,14H2,1-2H3. The minimum absolute atomic E-state index is 0.00633. The number of hydrogen-bond acceptors (Lipinski definition) is 6. The third kappa shape index (κ3) is 4.17. The monoisotopic (exact) mass is 514 g/mol. The number of urea groups is 1. The zero-order valence-electron chi connectivity index (χ0n) is 20.4. The van der Waals surface area contributed by atoms with Gasteiger partial charge in [-0.1, -0.05) is 12.1 Å². The number of H-pyrrole nitrogens is 1. The number of carbonyl (C=O) groups is 2. The summed E-state index contributed by atoms with van der Waals surface area (Å²) in [6.07, 6.45) is 0.170. The number of benzene rings is 2. The van der Waals surface area contributed by atoms with Crippen molar-refractivity contribution < 1.29 is 33.3 Å². The number of rotatable bonds is 8. The summed E-state index contributed by atoms with van der Waals surface area (Å²) < 4.78 is 30.4. The average molecular weight is 515 g/mol. The highest BCUT2D eigenvalue weighted by Crippen LogP contribution is 2.49. The summed E-state index contributed by atoms with van der Waals surface area (Å²) in [7, 11) is 1.79. The fourth-order valence-corrected chi connectivity index (χ4v) is 5.46. The Morgan fingerprint density at radius 1 is 1.22 bits per heavy atom. The number of ether oxygens (including phenoxy) is 1. The maximum atomic E-state index is 13.8. The van der Waals surface area contributed by atoms with Gasteiger partial charge < -0.3 is 24.8 Å². The summed E-state index contributed by atoms with van der Waals surface area (Å²) in [6, 6.07) is 9.89. The molecule has 11 heteroatoms. The number of alkyl halides is 2. The van der Waals surface area contributed by atoms with Gasteiger partial charge in [0.15, 0.2) is 0 Å². The van der Waals surface area contributed by atoms with E-state index in [1.165, 1.54) is 23.1 Å². The number of aliphatic hydroxyl groups is 1. The van der Waals surface area contributed by atoms with Crippen LogP contribution in [0.2, 0.25) is 0 Å². The van der Waals surface area contributed by atoms with E-state index in [2.05, 4.69) is 9.72 Å². The van der Waals surface area contributed by atoms with Gasteiger partial charge in [-0.3, -0.25) is 14.6 Å². The molecule has 1 aromatic heterocycles. The van der Waals surface area contributed by atoms with Crippen molar-refractivity contribution in [3.05, 3.63) is 59.3 Å². The quantitative estimate of drug-likeness (QED) is 0.399. The first-order valence-corrected chi connectivity index (χ1v) is 12.0. The maximum absolute atomic E-state index is 13.8. The lowest BCUT2D eigenvalue weighted by Gasteiger charge is -2.42. The molecule has 9 nitrogen and oxygen atoms in total. The number of nitrogens with zero attached hydrogens (tertiary/aromatic N) is 3. The number of phenols is 1. The summed E-state index contributed by atoms with van der Waals surface area (Å²) in [4.78, 5) is 35.5. The van der Waals surface area contributed by atoms with Crippen molar-refractivity contribution in [1.82, 2.24) is 19.7 Å². The maximum Gasteiger partial charge on any atom is 0.387 e. The van der Waals surface area contributed by atoms with Gasteiger partial charge in [-0.05, 0) is 55.4 Å². The number of fused-ring (bicyclic) bond motifs is 4. The summed E-state index contributed by atoms with van der Waals surface area (Å²) in [6.45, 7) is -0.368. The van der Waals surface area contributed by atoms with Gasteiger partial charge in [0.25, 0.3) is 5.91 Å². The van der Waals surface area contributed by atoms with Crippen LogP contribution in [0, 0.1) is 0 Å². The summed E-state index contributed by atoms with van der Waals surface area (Å²) in [5.74, 6) is -0.358. The molecule has 3 aromatic rings. The molecular weight excluding hydrogens is 486 g/mol. The average Bonchev–Trinajstić information content (AvgIpc) is 3.28. The van der Waals surface area contributed by atoms with E-state index in [-0.39, 0.29) is 37.0 Å². The minimum Gasteiger partial charge on any atom is -0.508 e. The number of hydrogen-bond donors (Lipinski definition) is 3. The van der Waals surface area contributed by atoms with Crippen LogP contribution in [0.3, 0.4) is 0 Å². The van der Waals surface area contributed by atoms with E-state index >= 15 is 0 Å². The molecule has 196 valence electrons. The first kappa shape index (κ1) is 25.0. The number of phenolic OH excluding ortho intramolecular Hbond substituents is 1. The first-order valence-electron chi connectivity index (χ1n) is 12.0. The molecule has 0 bridgehead atoms. The van der Waals surface area contributed by atoms with E-state index in [1.807, 2.05) is 4.90 Å². The zero-order chi connectivity index (χ0) is 26.5. The first-order chi connectivity index (χ1) is 17.6. The van der Waals surface area contributed by atoms with Gasteiger partial charge >= 0.3 is 12.6 Å². The molecule has 37 heavy (non-hydrogen) atoms. The van der Waals surface area contributed by atoms with E-state index in [0.717, 1.165) is 5.56 Å². The van der Waals surface area contributed by atoms with Crippen LogP contribution in [0.5, 0.6) is 11.5 Å². The lowest BCUT2D eigenvalue weighted by Crippen LogP contribution is -2.53. The molecule has 0 aliphatic carbocycles. The second kappa shape index (κ2) is 9.31. The fraction of sp³-hybridized carbons (Fsp3) is 0.385. The molecule has 3 heterocycles. The summed E-state index contributed by atoms with van der Waals surface area (Å²) in [5.41, 5.74) is 1.38. The highest BCUT2D eigenvalue weighted by atomic mass is 19.3. The van der Waals surface area contributed by atoms with Gasteiger partial charge in [-0.15, -0.1) is 0 Å². The van der Waals surface area contributed by atoms with Crippen molar-refractivity contribution in [2.75, 3.05) is 33.3 Å². The van der Waals surface area contributed by atoms with E-state index in [1.54, 1.807) is 43.1 Å². The molecule has 2 aliphatic heterocycles. The topological polar surface area (TPSA) is 109 Å². The van der Waals surface area contributed by atoms with Crippen LogP contribution in [0.25, 0.3) is 10.9 Å². The molecule has 2 aliphatic rings. The van der Waals surface area contributed by atoms with Crippen molar-refractivity contribution in [3.8, 4) is 11.5 Å². The zero-order valence-corrected chi connectivity index (χ0v) is 20.4. The van der Waals surface area contributed by atoms with Gasteiger partial charge in [0.2, 0.25) is 0 Å². The molecule has 1 fully saturated rings. The Kier molecular flexibility index (Phi) is 6.28. The van der Waals surface area contributed by atoms with Crippen LogP contribution >= 0.6 is 0 Å². The summed E-state index contributed by atoms with van der Waals surface area (Å²) in [5, 5.41) is 20.0. The molecule has 5 rings (SSSR count). The van der Waals surface area contributed by atoms with Crippen LogP contribution < -0.4 is 4.74 Å². The number of nitrogens with one attached hydrogen (secondary N) is 1. The van der Waals surface area contributed by atoms with Gasteiger partial charge in [0.1, 0.15) is 23.1 Å². The SMILES string of the molecule is CN(CCO)CCN1C(=O)N2C(c3cccc(O)c3)c3[nH]c4ccc(OC(F)F)cc4c3CC2(C)C1=O. The van der Waals surface area contributed by atoms with E-state index in [9.17, 15) is 28.6 Å². The predicted molar refractivity (Wildman–Crippen MR) is 131 cm³/mol. The molecule has 0 saturated carbocycles. The van der Waals surface area contributed by atoms with Gasteiger partial charge in [-0.2, -0.15) is 8.78 Å². The second-order valence-corrected chi connectivity index (χ2v) is 9.69. The Hall–Kier alpha value is -3.70.